The normalized spacial score (nSPS) is 23.2. The van der Waals surface area contributed by atoms with Gasteiger partial charge in [-0.15, -0.1) is 0 Å². The lowest BCUT2D eigenvalue weighted by atomic mass is 10.2. The second-order valence-corrected chi connectivity index (χ2v) is 4.34. The molecule has 0 amide bonds. The van der Waals surface area contributed by atoms with Gasteiger partial charge in [-0.2, -0.15) is 0 Å². The van der Waals surface area contributed by atoms with Crippen molar-refractivity contribution in [3.63, 3.8) is 0 Å². The molecule has 2 rings (SSSR count). The summed E-state index contributed by atoms with van der Waals surface area (Å²) in [7, 11) is 0. The molecule has 2 N–H and O–H groups in total. The molecule has 0 aromatic carbocycles. The Morgan fingerprint density at radius 1 is 1.56 bits per heavy atom. The second-order valence-electron chi connectivity index (χ2n) is 4.34. The SMILES string of the molecule is CC1CN(Cc2ccoc2CN)CCCO1. The van der Waals surface area contributed by atoms with Crippen LogP contribution in [0.2, 0.25) is 0 Å². The van der Waals surface area contributed by atoms with Crippen LogP contribution in [0.5, 0.6) is 0 Å². The van der Waals surface area contributed by atoms with Crippen molar-refractivity contribution >= 4 is 0 Å². The van der Waals surface area contributed by atoms with Crippen LogP contribution in [-0.4, -0.2) is 30.7 Å². The zero-order valence-corrected chi connectivity index (χ0v) is 9.82. The standard InChI is InChI=1S/C12H20N2O2/c1-10-8-14(4-2-5-15-10)9-11-3-6-16-12(11)7-13/h3,6,10H,2,4-5,7-9,13H2,1H3. The molecule has 1 atom stereocenters. The molecule has 1 fully saturated rings. The summed E-state index contributed by atoms with van der Waals surface area (Å²) in [4.78, 5) is 2.40. The van der Waals surface area contributed by atoms with Crippen molar-refractivity contribution in [1.29, 1.82) is 0 Å². The number of ether oxygens (including phenoxy) is 1. The van der Waals surface area contributed by atoms with Crippen LogP contribution in [-0.2, 0) is 17.8 Å². The molecule has 2 heterocycles. The number of rotatable bonds is 3. The molecule has 1 unspecified atom stereocenters. The van der Waals surface area contributed by atoms with Crippen LogP contribution in [0, 0.1) is 0 Å². The fraction of sp³-hybridized carbons (Fsp3) is 0.667. The van der Waals surface area contributed by atoms with E-state index in [-0.39, 0.29) is 0 Å². The highest BCUT2D eigenvalue weighted by Gasteiger charge is 2.16. The molecule has 1 aromatic heterocycles. The van der Waals surface area contributed by atoms with Crippen LogP contribution in [0.25, 0.3) is 0 Å². The largest absolute Gasteiger partial charge is 0.468 e. The molecule has 0 bridgehead atoms. The third kappa shape index (κ3) is 2.84. The Morgan fingerprint density at radius 2 is 2.44 bits per heavy atom. The van der Waals surface area contributed by atoms with Gasteiger partial charge in [0.1, 0.15) is 5.76 Å². The number of nitrogens with zero attached hydrogens (tertiary/aromatic N) is 1. The van der Waals surface area contributed by atoms with Crippen molar-refractivity contribution in [2.75, 3.05) is 19.7 Å². The quantitative estimate of drug-likeness (QED) is 0.842. The lowest BCUT2D eigenvalue weighted by Gasteiger charge is -2.21. The van der Waals surface area contributed by atoms with Gasteiger partial charge in [0.2, 0.25) is 0 Å². The lowest BCUT2D eigenvalue weighted by Crippen LogP contribution is -2.30. The molecule has 4 heteroatoms. The van der Waals surface area contributed by atoms with E-state index in [0.717, 1.165) is 38.4 Å². The summed E-state index contributed by atoms with van der Waals surface area (Å²) in [6.45, 7) is 6.44. The van der Waals surface area contributed by atoms with Gasteiger partial charge < -0.3 is 14.9 Å². The Bertz CT molecular complexity index is 325. The Balaban J connectivity index is 1.97. The van der Waals surface area contributed by atoms with Crippen LogP contribution >= 0.6 is 0 Å². The van der Waals surface area contributed by atoms with Gasteiger partial charge in [-0.25, -0.2) is 0 Å². The zero-order valence-electron chi connectivity index (χ0n) is 9.82. The van der Waals surface area contributed by atoms with E-state index in [4.69, 9.17) is 14.9 Å². The molecule has 1 aromatic rings. The highest BCUT2D eigenvalue weighted by molar-refractivity contribution is 5.16. The first-order valence-corrected chi connectivity index (χ1v) is 5.89. The highest BCUT2D eigenvalue weighted by atomic mass is 16.5. The summed E-state index contributed by atoms with van der Waals surface area (Å²) in [5, 5.41) is 0. The van der Waals surface area contributed by atoms with Crippen LogP contribution in [0.4, 0.5) is 0 Å². The van der Waals surface area contributed by atoms with E-state index in [1.807, 2.05) is 6.07 Å². The van der Waals surface area contributed by atoms with E-state index in [0.29, 0.717) is 12.6 Å². The van der Waals surface area contributed by atoms with Gasteiger partial charge in [-0.1, -0.05) is 0 Å². The van der Waals surface area contributed by atoms with E-state index in [1.54, 1.807) is 6.26 Å². The monoisotopic (exact) mass is 224 g/mol. The Labute approximate surface area is 96.4 Å². The summed E-state index contributed by atoms with van der Waals surface area (Å²) < 4.78 is 10.9. The van der Waals surface area contributed by atoms with Gasteiger partial charge in [0.05, 0.1) is 18.9 Å². The first-order chi connectivity index (χ1) is 7.79. The van der Waals surface area contributed by atoms with Crippen molar-refractivity contribution in [2.45, 2.75) is 32.5 Å². The van der Waals surface area contributed by atoms with E-state index >= 15 is 0 Å². The molecule has 4 nitrogen and oxygen atoms in total. The summed E-state index contributed by atoms with van der Waals surface area (Å²) in [6, 6.07) is 2.01. The van der Waals surface area contributed by atoms with Crippen LogP contribution in [0.3, 0.4) is 0 Å². The minimum absolute atomic E-state index is 0.315. The van der Waals surface area contributed by atoms with Gasteiger partial charge in [-0.05, 0) is 19.4 Å². The predicted molar refractivity (Wildman–Crippen MR) is 61.9 cm³/mol. The van der Waals surface area contributed by atoms with E-state index < -0.39 is 0 Å². The third-order valence-electron chi connectivity index (χ3n) is 2.95. The Kier molecular flexibility index (Phi) is 3.98. The van der Waals surface area contributed by atoms with E-state index in [2.05, 4.69) is 11.8 Å². The maximum absolute atomic E-state index is 5.62. The molecule has 90 valence electrons. The van der Waals surface area contributed by atoms with Gasteiger partial charge in [0.25, 0.3) is 0 Å². The zero-order chi connectivity index (χ0) is 11.4. The fourth-order valence-electron chi connectivity index (χ4n) is 2.15. The van der Waals surface area contributed by atoms with Crippen LogP contribution < -0.4 is 5.73 Å². The smallest absolute Gasteiger partial charge is 0.121 e. The van der Waals surface area contributed by atoms with Crippen molar-refractivity contribution in [3.8, 4) is 0 Å². The fourth-order valence-corrected chi connectivity index (χ4v) is 2.15. The Hall–Kier alpha value is -0.840. The molecule has 16 heavy (non-hydrogen) atoms. The molecule has 0 aliphatic carbocycles. The molecule has 0 spiro atoms. The van der Waals surface area contributed by atoms with E-state index in [1.165, 1.54) is 5.56 Å². The molecule has 0 radical (unpaired) electrons. The molecular weight excluding hydrogens is 204 g/mol. The Morgan fingerprint density at radius 3 is 3.25 bits per heavy atom. The average Bonchev–Trinajstić information content (AvgIpc) is 2.61. The molecule has 0 saturated carbocycles. The first kappa shape index (κ1) is 11.6. The van der Waals surface area contributed by atoms with Gasteiger partial charge in [0.15, 0.2) is 0 Å². The predicted octanol–water partition coefficient (Wildman–Crippen LogP) is 1.35. The summed E-state index contributed by atoms with van der Waals surface area (Å²) in [6.07, 6.45) is 3.13. The summed E-state index contributed by atoms with van der Waals surface area (Å²) in [5.74, 6) is 0.901. The average molecular weight is 224 g/mol. The molecule has 1 aliphatic rings. The maximum atomic E-state index is 5.62. The van der Waals surface area contributed by atoms with Crippen molar-refractivity contribution in [1.82, 2.24) is 4.90 Å². The number of hydrogen-bond acceptors (Lipinski definition) is 4. The first-order valence-electron chi connectivity index (χ1n) is 5.89. The topological polar surface area (TPSA) is 51.6 Å². The van der Waals surface area contributed by atoms with Gasteiger partial charge in [0, 0.05) is 31.8 Å². The number of hydrogen-bond donors (Lipinski definition) is 1. The lowest BCUT2D eigenvalue weighted by molar-refractivity contribution is 0.0667. The highest BCUT2D eigenvalue weighted by Crippen LogP contribution is 2.15. The maximum Gasteiger partial charge on any atom is 0.121 e. The minimum atomic E-state index is 0.315. The van der Waals surface area contributed by atoms with Gasteiger partial charge >= 0.3 is 0 Å². The van der Waals surface area contributed by atoms with Crippen LogP contribution in [0.15, 0.2) is 16.7 Å². The van der Waals surface area contributed by atoms with E-state index in [9.17, 15) is 0 Å². The summed E-state index contributed by atoms with van der Waals surface area (Å²) >= 11 is 0. The van der Waals surface area contributed by atoms with Crippen LogP contribution in [0.1, 0.15) is 24.7 Å². The van der Waals surface area contributed by atoms with Crippen molar-refractivity contribution in [3.05, 3.63) is 23.7 Å². The number of nitrogens with two attached hydrogens (primary N) is 1. The second kappa shape index (κ2) is 5.48. The molecule has 1 saturated heterocycles. The summed E-state index contributed by atoms with van der Waals surface area (Å²) in [5.41, 5.74) is 6.83. The number of furan rings is 1. The third-order valence-corrected chi connectivity index (χ3v) is 2.95. The van der Waals surface area contributed by atoms with Crippen molar-refractivity contribution in [2.24, 2.45) is 5.73 Å². The molecule has 1 aliphatic heterocycles. The minimum Gasteiger partial charge on any atom is -0.468 e. The van der Waals surface area contributed by atoms with Crippen molar-refractivity contribution < 1.29 is 9.15 Å². The molecular formula is C12H20N2O2. The van der Waals surface area contributed by atoms with Gasteiger partial charge in [-0.3, -0.25) is 4.90 Å².